The molecule has 0 aromatic carbocycles. The molecular weight excluding hydrogens is 222 g/mol. The third-order valence-electron chi connectivity index (χ3n) is 2.10. The normalized spacial score (nSPS) is 12.3. The number of nitrogens with one attached hydrogen (secondary N) is 1. The van der Waals surface area contributed by atoms with E-state index in [2.05, 4.69) is 0 Å². The standard InChI is InChI=1S/C9H16F2N2O3/c1-3-6(2)13(5-8(14)15)9(16)12-4-7(10)11/h6-7H,3-5H2,1-2H3,(H,12,16)(H,14,15). The van der Waals surface area contributed by atoms with Crippen LogP contribution in [0.4, 0.5) is 13.6 Å². The number of nitrogens with zero attached hydrogens (tertiary/aromatic N) is 1. The predicted octanol–water partition coefficient (Wildman–Crippen LogP) is 1.15. The van der Waals surface area contributed by atoms with Gasteiger partial charge in [-0.05, 0) is 13.3 Å². The maximum absolute atomic E-state index is 11.9. The topological polar surface area (TPSA) is 69.6 Å². The fourth-order valence-electron chi connectivity index (χ4n) is 1.06. The Morgan fingerprint density at radius 1 is 1.44 bits per heavy atom. The van der Waals surface area contributed by atoms with E-state index < -0.39 is 31.5 Å². The summed E-state index contributed by atoms with van der Waals surface area (Å²) in [5, 5.41) is 10.6. The lowest BCUT2D eigenvalue weighted by Gasteiger charge is -2.26. The number of carbonyl (C=O) groups is 2. The lowest BCUT2D eigenvalue weighted by Crippen LogP contribution is -2.48. The van der Waals surface area contributed by atoms with Gasteiger partial charge in [0.05, 0.1) is 6.54 Å². The number of hydrogen-bond acceptors (Lipinski definition) is 2. The first-order chi connectivity index (χ1) is 7.38. The van der Waals surface area contributed by atoms with Crippen LogP contribution in [-0.4, -0.2) is 47.6 Å². The number of carboxylic acid groups (broad SMARTS) is 1. The Hall–Kier alpha value is -1.40. The van der Waals surface area contributed by atoms with Gasteiger partial charge in [-0.15, -0.1) is 0 Å². The second-order valence-corrected chi connectivity index (χ2v) is 3.36. The Bertz CT molecular complexity index is 249. The Morgan fingerprint density at radius 3 is 2.38 bits per heavy atom. The summed E-state index contributed by atoms with van der Waals surface area (Å²) in [7, 11) is 0. The number of carboxylic acids is 1. The molecule has 7 heteroatoms. The molecule has 0 bridgehead atoms. The number of carbonyl (C=O) groups excluding carboxylic acids is 1. The van der Waals surface area contributed by atoms with E-state index in [9.17, 15) is 18.4 Å². The summed E-state index contributed by atoms with van der Waals surface area (Å²) in [6, 6.07) is -1.09. The Balaban J connectivity index is 4.37. The van der Waals surface area contributed by atoms with E-state index in [1.54, 1.807) is 13.8 Å². The van der Waals surface area contributed by atoms with Gasteiger partial charge in [-0.3, -0.25) is 4.79 Å². The number of halogens is 2. The summed E-state index contributed by atoms with van der Waals surface area (Å²) in [5.74, 6) is -1.17. The molecule has 0 saturated heterocycles. The minimum Gasteiger partial charge on any atom is -0.480 e. The molecule has 16 heavy (non-hydrogen) atoms. The minimum atomic E-state index is -2.65. The molecule has 0 aromatic heterocycles. The van der Waals surface area contributed by atoms with E-state index in [1.165, 1.54) is 0 Å². The first-order valence-corrected chi connectivity index (χ1v) is 4.92. The van der Waals surface area contributed by atoms with Gasteiger partial charge < -0.3 is 15.3 Å². The summed E-state index contributed by atoms with van der Waals surface area (Å²) in [4.78, 5) is 22.9. The molecule has 0 fully saturated rings. The van der Waals surface area contributed by atoms with Crippen LogP contribution in [0.1, 0.15) is 20.3 Å². The van der Waals surface area contributed by atoms with Crippen molar-refractivity contribution >= 4 is 12.0 Å². The lowest BCUT2D eigenvalue weighted by molar-refractivity contribution is -0.138. The highest BCUT2D eigenvalue weighted by atomic mass is 19.3. The number of alkyl halides is 2. The molecule has 0 aliphatic heterocycles. The van der Waals surface area contributed by atoms with Crippen LogP contribution in [0, 0.1) is 0 Å². The maximum atomic E-state index is 11.9. The summed E-state index contributed by atoms with van der Waals surface area (Å²) in [6.45, 7) is 2.17. The van der Waals surface area contributed by atoms with Crippen LogP contribution < -0.4 is 5.32 Å². The van der Waals surface area contributed by atoms with Crippen molar-refractivity contribution in [3.05, 3.63) is 0 Å². The van der Waals surface area contributed by atoms with E-state index in [0.717, 1.165) is 4.90 Å². The molecule has 0 rings (SSSR count). The van der Waals surface area contributed by atoms with E-state index >= 15 is 0 Å². The minimum absolute atomic E-state index is 0.311. The van der Waals surface area contributed by atoms with Crippen LogP contribution in [-0.2, 0) is 4.79 Å². The average molecular weight is 238 g/mol. The van der Waals surface area contributed by atoms with Crippen molar-refractivity contribution in [2.75, 3.05) is 13.1 Å². The fraction of sp³-hybridized carbons (Fsp3) is 0.778. The molecule has 0 radical (unpaired) electrons. The van der Waals surface area contributed by atoms with Gasteiger partial charge in [0.1, 0.15) is 6.54 Å². The van der Waals surface area contributed by atoms with Crippen LogP contribution >= 0.6 is 0 Å². The molecule has 0 spiro atoms. The molecule has 2 amide bonds. The van der Waals surface area contributed by atoms with E-state index in [0.29, 0.717) is 6.42 Å². The van der Waals surface area contributed by atoms with E-state index in [1.807, 2.05) is 5.32 Å². The van der Waals surface area contributed by atoms with Gasteiger partial charge >= 0.3 is 12.0 Å². The van der Waals surface area contributed by atoms with Gasteiger partial charge in [-0.25, -0.2) is 13.6 Å². The van der Waals surface area contributed by atoms with Crippen LogP contribution in [0.3, 0.4) is 0 Å². The Kier molecular flexibility index (Phi) is 6.36. The Labute approximate surface area is 92.4 Å². The van der Waals surface area contributed by atoms with Crippen LogP contribution in [0.25, 0.3) is 0 Å². The van der Waals surface area contributed by atoms with Crippen molar-refractivity contribution in [3.63, 3.8) is 0 Å². The monoisotopic (exact) mass is 238 g/mol. The second-order valence-electron chi connectivity index (χ2n) is 3.36. The molecule has 0 aliphatic carbocycles. The van der Waals surface area contributed by atoms with Gasteiger partial charge in [0.2, 0.25) is 0 Å². The van der Waals surface area contributed by atoms with E-state index in [4.69, 9.17) is 5.11 Å². The smallest absolute Gasteiger partial charge is 0.323 e. The quantitative estimate of drug-likeness (QED) is 0.729. The first-order valence-electron chi connectivity index (χ1n) is 4.92. The molecule has 2 N–H and O–H groups in total. The van der Waals surface area contributed by atoms with Crippen LogP contribution in [0.5, 0.6) is 0 Å². The number of aliphatic carboxylic acids is 1. The molecule has 0 aliphatic rings. The molecular formula is C9H16F2N2O3. The van der Waals surface area contributed by atoms with Gasteiger partial charge in [-0.2, -0.15) is 0 Å². The van der Waals surface area contributed by atoms with Crippen molar-refractivity contribution in [2.24, 2.45) is 0 Å². The molecule has 5 nitrogen and oxygen atoms in total. The zero-order valence-corrected chi connectivity index (χ0v) is 9.24. The van der Waals surface area contributed by atoms with Gasteiger partial charge in [0.25, 0.3) is 6.43 Å². The van der Waals surface area contributed by atoms with Gasteiger partial charge in [-0.1, -0.05) is 6.92 Å². The molecule has 0 aromatic rings. The van der Waals surface area contributed by atoms with Crippen LogP contribution in [0.15, 0.2) is 0 Å². The predicted molar refractivity (Wildman–Crippen MR) is 53.5 cm³/mol. The summed E-state index contributed by atoms with van der Waals surface area (Å²) in [5.41, 5.74) is 0. The van der Waals surface area contributed by atoms with Crippen molar-refractivity contribution in [2.45, 2.75) is 32.7 Å². The van der Waals surface area contributed by atoms with E-state index in [-0.39, 0.29) is 6.04 Å². The van der Waals surface area contributed by atoms with Gasteiger partial charge in [0.15, 0.2) is 0 Å². The number of rotatable bonds is 6. The third-order valence-corrected chi connectivity index (χ3v) is 2.10. The summed E-state index contributed by atoms with van der Waals surface area (Å²) < 4.78 is 23.7. The number of amides is 2. The summed E-state index contributed by atoms with van der Waals surface area (Å²) in [6.07, 6.45) is -2.09. The third kappa shape index (κ3) is 5.47. The SMILES string of the molecule is CCC(C)N(CC(=O)O)C(=O)NCC(F)F. The summed E-state index contributed by atoms with van der Waals surface area (Å²) >= 11 is 0. The Morgan fingerprint density at radius 2 is 2.00 bits per heavy atom. The van der Waals surface area contributed by atoms with Crippen molar-refractivity contribution in [1.82, 2.24) is 10.2 Å². The van der Waals surface area contributed by atoms with Gasteiger partial charge in [0, 0.05) is 6.04 Å². The molecule has 1 unspecified atom stereocenters. The second kappa shape index (κ2) is 6.97. The zero-order chi connectivity index (χ0) is 12.7. The highest BCUT2D eigenvalue weighted by Crippen LogP contribution is 2.03. The molecule has 1 atom stereocenters. The maximum Gasteiger partial charge on any atom is 0.323 e. The van der Waals surface area contributed by atoms with Crippen molar-refractivity contribution < 1.29 is 23.5 Å². The number of hydrogen-bond donors (Lipinski definition) is 2. The van der Waals surface area contributed by atoms with Crippen molar-refractivity contribution in [1.29, 1.82) is 0 Å². The molecule has 94 valence electrons. The first kappa shape index (κ1) is 14.6. The number of urea groups is 1. The van der Waals surface area contributed by atoms with Crippen LogP contribution in [0.2, 0.25) is 0 Å². The largest absolute Gasteiger partial charge is 0.480 e. The highest BCUT2D eigenvalue weighted by molar-refractivity contribution is 5.80. The molecule has 0 heterocycles. The lowest BCUT2D eigenvalue weighted by atomic mass is 10.2. The molecule has 0 saturated carbocycles. The van der Waals surface area contributed by atoms with Crippen molar-refractivity contribution in [3.8, 4) is 0 Å². The highest BCUT2D eigenvalue weighted by Gasteiger charge is 2.21. The average Bonchev–Trinajstić information content (AvgIpc) is 2.21. The fourth-order valence-corrected chi connectivity index (χ4v) is 1.06. The zero-order valence-electron chi connectivity index (χ0n) is 9.24.